The highest BCUT2D eigenvalue weighted by Crippen LogP contribution is 2.31. The van der Waals surface area contributed by atoms with E-state index in [1.165, 1.54) is 11.1 Å². The number of rotatable bonds is 3. The summed E-state index contributed by atoms with van der Waals surface area (Å²) in [6, 6.07) is 6.34. The van der Waals surface area contributed by atoms with Gasteiger partial charge in [0.25, 0.3) is 5.89 Å². The molecule has 1 aromatic carbocycles. The van der Waals surface area contributed by atoms with Crippen molar-refractivity contribution in [3.05, 3.63) is 51.6 Å². The van der Waals surface area contributed by atoms with Crippen LogP contribution in [0.5, 0.6) is 0 Å². The van der Waals surface area contributed by atoms with Gasteiger partial charge in [-0.25, -0.2) is 0 Å². The maximum absolute atomic E-state index is 6.28. The largest absolute Gasteiger partial charge is 0.334 e. The summed E-state index contributed by atoms with van der Waals surface area (Å²) in [5.41, 5.74) is 11.4. The van der Waals surface area contributed by atoms with E-state index < -0.39 is 0 Å². The quantitative estimate of drug-likeness (QED) is 0.777. The molecule has 0 aliphatic heterocycles. The molecule has 1 aliphatic rings. The van der Waals surface area contributed by atoms with Gasteiger partial charge in [0.05, 0.1) is 5.69 Å². The highest BCUT2D eigenvalue weighted by Gasteiger charge is 2.19. The molecule has 2 N–H and O–H groups in total. The zero-order chi connectivity index (χ0) is 17.6. The third-order valence-corrected chi connectivity index (χ3v) is 5.30. The van der Waals surface area contributed by atoms with Crippen molar-refractivity contribution in [1.82, 2.24) is 19.9 Å². The first-order chi connectivity index (χ1) is 12.0. The van der Waals surface area contributed by atoms with Gasteiger partial charge in [-0.05, 0) is 49.4 Å². The molecule has 2 aromatic heterocycles. The second-order valence-corrected chi connectivity index (χ2v) is 6.94. The molecule has 1 aliphatic carbocycles. The molecule has 130 valence electrons. The van der Waals surface area contributed by atoms with Crippen molar-refractivity contribution in [3.8, 4) is 11.5 Å². The van der Waals surface area contributed by atoms with E-state index in [9.17, 15) is 0 Å². The van der Waals surface area contributed by atoms with E-state index in [1.54, 1.807) is 4.68 Å². The van der Waals surface area contributed by atoms with Gasteiger partial charge < -0.3 is 10.3 Å². The lowest BCUT2D eigenvalue weighted by Crippen LogP contribution is -2.17. The van der Waals surface area contributed by atoms with E-state index in [0.717, 1.165) is 36.1 Å². The average Bonchev–Trinajstić information content (AvgIpc) is 3.16. The van der Waals surface area contributed by atoms with Crippen LogP contribution in [0, 0.1) is 6.92 Å². The molecule has 0 saturated heterocycles. The van der Waals surface area contributed by atoms with Crippen LogP contribution in [-0.4, -0.2) is 19.9 Å². The molecule has 1 unspecified atom stereocenters. The molecule has 0 fully saturated rings. The van der Waals surface area contributed by atoms with E-state index in [1.807, 2.05) is 20.0 Å². The SMILES string of the molecule is Cc1nn(C)c(Cl)c1Cc1noc(-c2ccc3c(c2)CCCC3N)n1. The number of aromatic nitrogens is 4. The van der Waals surface area contributed by atoms with Crippen LogP contribution in [0.2, 0.25) is 5.15 Å². The van der Waals surface area contributed by atoms with Crippen molar-refractivity contribution in [1.29, 1.82) is 0 Å². The molecule has 0 saturated carbocycles. The normalized spacial score (nSPS) is 16.9. The van der Waals surface area contributed by atoms with Gasteiger partial charge in [-0.3, -0.25) is 4.68 Å². The third-order valence-electron chi connectivity index (χ3n) is 4.82. The molecule has 6 nitrogen and oxygen atoms in total. The van der Waals surface area contributed by atoms with Crippen molar-refractivity contribution < 1.29 is 4.52 Å². The summed E-state index contributed by atoms with van der Waals surface area (Å²) in [7, 11) is 1.82. The van der Waals surface area contributed by atoms with E-state index in [2.05, 4.69) is 27.4 Å². The Morgan fingerprint density at radius 3 is 3.00 bits per heavy atom. The number of nitrogens with zero attached hydrogens (tertiary/aromatic N) is 4. The molecule has 25 heavy (non-hydrogen) atoms. The lowest BCUT2D eigenvalue weighted by molar-refractivity contribution is 0.423. The standard InChI is InChI=1S/C18H20ClN5O/c1-10-14(17(19)24(2)22-10)9-16-21-18(25-23-16)12-6-7-13-11(8-12)4-3-5-15(13)20/h6-8,15H,3-5,9,20H2,1-2H3. The predicted octanol–water partition coefficient (Wildman–Crippen LogP) is 3.36. The van der Waals surface area contributed by atoms with Gasteiger partial charge in [0.2, 0.25) is 0 Å². The minimum Gasteiger partial charge on any atom is -0.334 e. The van der Waals surface area contributed by atoms with Crippen LogP contribution in [-0.2, 0) is 19.9 Å². The summed E-state index contributed by atoms with van der Waals surface area (Å²) in [5, 5.41) is 9.02. The predicted molar refractivity (Wildman–Crippen MR) is 95.4 cm³/mol. The van der Waals surface area contributed by atoms with Crippen LogP contribution in [0.1, 0.15) is 47.1 Å². The molecule has 0 bridgehead atoms. The molecule has 0 spiro atoms. The summed E-state index contributed by atoms with van der Waals surface area (Å²) in [4.78, 5) is 4.53. The highest BCUT2D eigenvalue weighted by atomic mass is 35.5. The Labute approximate surface area is 151 Å². The van der Waals surface area contributed by atoms with Gasteiger partial charge in [0.1, 0.15) is 5.15 Å². The molecule has 4 rings (SSSR count). The van der Waals surface area contributed by atoms with Crippen molar-refractivity contribution in [2.24, 2.45) is 12.8 Å². The summed E-state index contributed by atoms with van der Waals surface area (Å²) < 4.78 is 7.12. The fourth-order valence-corrected chi connectivity index (χ4v) is 3.70. The zero-order valence-electron chi connectivity index (χ0n) is 14.3. The Hall–Kier alpha value is -2.18. The fourth-order valence-electron chi connectivity index (χ4n) is 3.46. The molecule has 0 amide bonds. The number of halogens is 1. The summed E-state index contributed by atoms with van der Waals surface area (Å²) in [6.45, 7) is 1.93. The molecule has 2 heterocycles. The maximum Gasteiger partial charge on any atom is 0.257 e. The van der Waals surface area contributed by atoms with Crippen LogP contribution in [0.4, 0.5) is 0 Å². The Kier molecular flexibility index (Phi) is 4.09. The van der Waals surface area contributed by atoms with Gasteiger partial charge >= 0.3 is 0 Å². The highest BCUT2D eigenvalue weighted by molar-refractivity contribution is 6.30. The second-order valence-electron chi connectivity index (χ2n) is 6.58. The van der Waals surface area contributed by atoms with Gasteiger partial charge in [0, 0.05) is 30.6 Å². The van der Waals surface area contributed by atoms with Gasteiger partial charge in [0.15, 0.2) is 5.82 Å². The van der Waals surface area contributed by atoms with Gasteiger partial charge in [-0.15, -0.1) is 0 Å². The lowest BCUT2D eigenvalue weighted by atomic mass is 9.87. The summed E-state index contributed by atoms with van der Waals surface area (Å²) in [6.07, 6.45) is 3.70. The van der Waals surface area contributed by atoms with Crippen LogP contribution in [0.15, 0.2) is 22.7 Å². The van der Waals surface area contributed by atoms with Crippen molar-refractivity contribution in [3.63, 3.8) is 0 Å². The molecule has 0 radical (unpaired) electrons. The van der Waals surface area contributed by atoms with Gasteiger partial charge in [-0.2, -0.15) is 10.1 Å². The number of hydrogen-bond acceptors (Lipinski definition) is 5. The lowest BCUT2D eigenvalue weighted by Gasteiger charge is -2.22. The number of hydrogen-bond donors (Lipinski definition) is 1. The Morgan fingerprint density at radius 2 is 2.24 bits per heavy atom. The molecule has 3 aromatic rings. The second kappa shape index (κ2) is 6.28. The Bertz CT molecular complexity index is 930. The third kappa shape index (κ3) is 2.96. The minimum absolute atomic E-state index is 0.131. The van der Waals surface area contributed by atoms with E-state index in [0.29, 0.717) is 23.3 Å². The van der Waals surface area contributed by atoms with E-state index >= 15 is 0 Å². The maximum atomic E-state index is 6.28. The number of aryl methyl sites for hydroxylation is 3. The van der Waals surface area contributed by atoms with E-state index in [-0.39, 0.29) is 6.04 Å². The van der Waals surface area contributed by atoms with E-state index in [4.69, 9.17) is 21.9 Å². The fraction of sp³-hybridized carbons (Fsp3) is 0.389. The number of fused-ring (bicyclic) bond motifs is 1. The topological polar surface area (TPSA) is 82.8 Å². The average molecular weight is 358 g/mol. The van der Waals surface area contributed by atoms with Crippen LogP contribution >= 0.6 is 11.6 Å². The zero-order valence-corrected chi connectivity index (χ0v) is 15.0. The molecule has 1 atom stereocenters. The first-order valence-electron chi connectivity index (χ1n) is 8.42. The molecular formula is C18H20ClN5O. The minimum atomic E-state index is 0.131. The monoisotopic (exact) mass is 357 g/mol. The Morgan fingerprint density at radius 1 is 1.40 bits per heavy atom. The first kappa shape index (κ1) is 16.3. The first-order valence-corrected chi connectivity index (χ1v) is 8.80. The molecule has 7 heteroatoms. The van der Waals surface area contributed by atoms with Crippen molar-refractivity contribution in [2.45, 2.75) is 38.6 Å². The number of nitrogens with two attached hydrogens (primary N) is 1. The number of benzene rings is 1. The van der Waals surface area contributed by atoms with Crippen LogP contribution < -0.4 is 5.73 Å². The molecular weight excluding hydrogens is 338 g/mol. The van der Waals surface area contributed by atoms with Crippen LogP contribution in [0.25, 0.3) is 11.5 Å². The van der Waals surface area contributed by atoms with Crippen molar-refractivity contribution >= 4 is 11.6 Å². The van der Waals surface area contributed by atoms with Gasteiger partial charge in [-0.1, -0.05) is 22.8 Å². The summed E-state index contributed by atoms with van der Waals surface area (Å²) >= 11 is 6.28. The summed E-state index contributed by atoms with van der Waals surface area (Å²) in [5.74, 6) is 1.12. The van der Waals surface area contributed by atoms with Crippen LogP contribution in [0.3, 0.4) is 0 Å². The Balaban J connectivity index is 1.61. The smallest absolute Gasteiger partial charge is 0.257 e. The van der Waals surface area contributed by atoms with Crippen molar-refractivity contribution in [2.75, 3.05) is 0 Å².